The van der Waals surface area contributed by atoms with Crippen molar-refractivity contribution < 1.29 is 4.39 Å². The highest BCUT2D eigenvalue weighted by molar-refractivity contribution is 14.1. The minimum atomic E-state index is -0.389. The Hall–Kier alpha value is -0.500. The summed E-state index contributed by atoms with van der Waals surface area (Å²) in [4.78, 5) is 0. The highest BCUT2D eigenvalue weighted by atomic mass is 127. The lowest BCUT2D eigenvalue weighted by Gasteiger charge is -2.21. The zero-order chi connectivity index (χ0) is 14.9. The van der Waals surface area contributed by atoms with E-state index in [0.29, 0.717) is 5.56 Å². The molecule has 2 aromatic carbocycles. The molecule has 0 bridgehead atoms. The van der Waals surface area contributed by atoms with Gasteiger partial charge in [-0.1, -0.05) is 22.0 Å². The molecule has 3 N–H and O–H groups in total. The molecule has 0 saturated heterocycles. The van der Waals surface area contributed by atoms with Gasteiger partial charge in [0.15, 0.2) is 0 Å². The third-order valence-corrected chi connectivity index (χ3v) is 4.60. The number of nitrogens with two attached hydrogens (primary N) is 1. The predicted molar refractivity (Wildman–Crippen MR) is 91.9 cm³/mol. The van der Waals surface area contributed by atoms with Crippen molar-refractivity contribution in [3.8, 4) is 0 Å². The van der Waals surface area contributed by atoms with E-state index in [1.807, 2.05) is 38.1 Å². The summed E-state index contributed by atoms with van der Waals surface area (Å²) in [5, 5.41) is 0. The van der Waals surface area contributed by atoms with Crippen molar-refractivity contribution in [1.82, 2.24) is 5.43 Å². The summed E-state index contributed by atoms with van der Waals surface area (Å²) in [7, 11) is 0. The third-order valence-electron chi connectivity index (χ3n) is 3.21. The lowest BCUT2D eigenvalue weighted by molar-refractivity contribution is 0.555. The van der Waals surface area contributed by atoms with Gasteiger partial charge in [-0.05, 0) is 77.4 Å². The fourth-order valence-electron chi connectivity index (χ4n) is 2.36. The molecule has 106 valence electrons. The first kappa shape index (κ1) is 15.9. The number of hydrogen-bond donors (Lipinski definition) is 2. The van der Waals surface area contributed by atoms with Crippen molar-refractivity contribution in [2.45, 2.75) is 19.9 Å². The molecule has 2 rings (SSSR count). The van der Waals surface area contributed by atoms with E-state index in [1.165, 1.54) is 6.07 Å². The van der Waals surface area contributed by atoms with Crippen LogP contribution in [-0.4, -0.2) is 0 Å². The van der Waals surface area contributed by atoms with Crippen LogP contribution in [0.15, 0.2) is 34.8 Å². The normalized spacial score (nSPS) is 12.5. The molecular formula is C15H15BrFIN2. The van der Waals surface area contributed by atoms with Crippen molar-refractivity contribution in [2.24, 2.45) is 5.84 Å². The van der Waals surface area contributed by atoms with Crippen LogP contribution in [0.5, 0.6) is 0 Å². The molecular weight excluding hydrogens is 434 g/mol. The average Bonchev–Trinajstić information content (AvgIpc) is 2.37. The minimum absolute atomic E-state index is 0.240. The summed E-state index contributed by atoms with van der Waals surface area (Å²) < 4.78 is 16.3. The van der Waals surface area contributed by atoms with E-state index in [1.54, 1.807) is 0 Å². The summed E-state index contributed by atoms with van der Waals surface area (Å²) in [6.07, 6.45) is 0. The van der Waals surface area contributed by atoms with Crippen molar-refractivity contribution in [3.05, 3.63) is 66.4 Å². The van der Waals surface area contributed by atoms with Gasteiger partial charge < -0.3 is 0 Å². The second-order valence-corrected chi connectivity index (χ2v) is 6.84. The van der Waals surface area contributed by atoms with E-state index in [2.05, 4.69) is 43.9 Å². The van der Waals surface area contributed by atoms with Crippen molar-refractivity contribution in [1.29, 1.82) is 0 Å². The van der Waals surface area contributed by atoms with Crippen LogP contribution in [0.4, 0.5) is 4.39 Å². The highest BCUT2D eigenvalue weighted by Crippen LogP contribution is 2.33. The summed E-state index contributed by atoms with van der Waals surface area (Å²) in [6, 6.07) is 9.04. The first-order valence-electron chi connectivity index (χ1n) is 6.11. The molecule has 2 aromatic rings. The smallest absolute Gasteiger partial charge is 0.128 e. The second kappa shape index (κ2) is 6.51. The Morgan fingerprint density at radius 2 is 1.95 bits per heavy atom. The zero-order valence-corrected chi connectivity index (χ0v) is 14.9. The number of rotatable bonds is 3. The number of hydrazine groups is 1. The molecule has 0 spiro atoms. The van der Waals surface area contributed by atoms with Gasteiger partial charge >= 0.3 is 0 Å². The van der Waals surface area contributed by atoms with Crippen molar-refractivity contribution in [2.75, 3.05) is 0 Å². The van der Waals surface area contributed by atoms with Gasteiger partial charge in [0.25, 0.3) is 0 Å². The van der Waals surface area contributed by atoms with Crippen LogP contribution in [0.2, 0.25) is 0 Å². The van der Waals surface area contributed by atoms with Gasteiger partial charge in [0.2, 0.25) is 0 Å². The maximum atomic E-state index is 14.4. The average molecular weight is 449 g/mol. The second-order valence-electron chi connectivity index (χ2n) is 4.74. The first-order chi connectivity index (χ1) is 9.43. The van der Waals surface area contributed by atoms with Gasteiger partial charge in [-0.15, -0.1) is 0 Å². The topological polar surface area (TPSA) is 38.0 Å². The molecule has 20 heavy (non-hydrogen) atoms. The van der Waals surface area contributed by atoms with Gasteiger partial charge in [0.1, 0.15) is 5.82 Å². The standard InChI is InChI=1S/C15H15BrFIN2/c1-8-5-9(2)14(13(17)6-8)15(20-19)11-7-10(18)3-4-12(11)16/h3-7,15,20H,19H2,1-2H3. The molecule has 5 heteroatoms. The SMILES string of the molecule is Cc1cc(C)c(C(NN)c2cc(I)ccc2Br)c(F)c1. The van der Waals surface area contributed by atoms with Gasteiger partial charge in [0.05, 0.1) is 6.04 Å². The van der Waals surface area contributed by atoms with Crippen LogP contribution in [0.3, 0.4) is 0 Å². The molecule has 0 heterocycles. The minimum Gasteiger partial charge on any atom is -0.271 e. The molecule has 0 radical (unpaired) electrons. The Labute approximate surface area is 140 Å². The van der Waals surface area contributed by atoms with E-state index in [0.717, 1.165) is 24.7 Å². The molecule has 0 fully saturated rings. The van der Waals surface area contributed by atoms with Gasteiger partial charge in [0, 0.05) is 13.6 Å². The Balaban J connectivity index is 2.61. The van der Waals surface area contributed by atoms with Crippen molar-refractivity contribution >= 4 is 38.5 Å². The van der Waals surface area contributed by atoms with Crippen LogP contribution in [0, 0.1) is 23.2 Å². The number of benzene rings is 2. The first-order valence-corrected chi connectivity index (χ1v) is 7.99. The Morgan fingerprint density at radius 1 is 1.25 bits per heavy atom. The molecule has 0 aliphatic rings. The maximum Gasteiger partial charge on any atom is 0.128 e. The van der Waals surface area contributed by atoms with E-state index in [-0.39, 0.29) is 11.9 Å². The van der Waals surface area contributed by atoms with Gasteiger partial charge in [-0.2, -0.15) is 0 Å². The largest absolute Gasteiger partial charge is 0.271 e. The quantitative estimate of drug-likeness (QED) is 0.416. The Morgan fingerprint density at radius 3 is 2.55 bits per heavy atom. The zero-order valence-electron chi connectivity index (χ0n) is 11.2. The fraction of sp³-hybridized carbons (Fsp3) is 0.200. The fourth-order valence-corrected chi connectivity index (χ4v) is 3.35. The summed E-state index contributed by atoms with van der Waals surface area (Å²) >= 11 is 5.74. The van der Waals surface area contributed by atoms with Crippen LogP contribution < -0.4 is 11.3 Å². The molecule has 2 nitrogen and oxygen atoms in total. The van der Waals surface area contributed by atoms with E-state index in [9.17, 15) is 4.39 Å². The third kappa shape index (κ3) is 3.21. The maximum absolute atomic E-state index is 14.4. The van der Waals surface area contributed by atoms with E-state index >= 15 is 0 Å². The van der Waals surface area contributed by atoms with E-state index in [4.69, 9.17) is 5.84 Å². The van der Waals surface area contributed by atoms with Gasteiger partial charge in [-0.25, -0.2) is 9.82 Å². The number of aryl methyl sites for hydroxylation is 2. The lowest BCUT2D eigenvalue weighted by atomic mass is 9.93. The van der Waals surface area contributed by atoms with Crippen LogP contribution in [-0.2, 0) is 0 Å². The summed E-state index contributed by atoms with van der Waals surface area (Å²) in [6.45, 7) is 3.78. The van der Waals surface area contributed by atoms with Gasteiger partial charge in [-0.3, -0.25) is 5.84 Å². The molecule has 1 unspecified atom stereocenters. The molecule has 0 saturated carbocycles. The summed E-state index contributed by atoms with van der Waals surface area (Å²) in [5.74, 6) is 5.45. The number of hydrogen-bond acceptors (Lipinski definition) is 2. The molecule has 1 atom stereocenters. The highest BCUT2D eigenvalue weighted by Gasteiger charge is 2.21. The molecule has 0 amide bonds. The van der Waals surface area contributed by atoms with Crippen LogP contribution in [0.25, 0.3) is 0 Å². The monoisotopic (exact) mass is 448 g/mol. The Kier molecular flexibility index (Phi) is 5.17. The molecule has 0 aliphatic carbocycles. The molecule has 0 aromatic heterocycles. The van der Waals surface area contributed by atoms with Crippen LogP contribution >= 0.6 is 38.5 Å². The Bertz CT molecular complexity index is 623. The lowest BCUT2D eigenvalue weighted by Crippen LogP contribution is -2.30. The number of halogens is 3. The van der Waals surface area contributed by atoms with E-state index < -0.39 is 0 Å². The molecule has 0 aliphatic heterocycles. The van der Waals surface area contributed by atoms with Crippen molar-refractivity contribution in [3.63, 3.8) is 0 Å². The summed E-state index contributed by atoms with van der Waals surface area (Å²) in [5.41, 5.74) is 6.03. The number of nitrogens with one attached hydrogen (secondary N) is 1. The predicted octanol–water partition coefficient (Wildman–Crippen LogP) is 4.36. The van der Waals surface area contributed by atoms with Crippen LogP contribution in [0.1, 0.15) is 28.3 Å².